The van der Waals surface area contributed by atoms with Gasteiger partial charge in [0.25, 0.3) is 0 Å². The Morgan fingerprint density at radius 3 is 2.45 bits per heavy atom. The lowest BCUT2D eigenvalue weighted by atomic mass is 10.0. The van der Waals surface area contributed by atoms with Crippen LogP contribution in [0.2, 0.25) is 0 Å². The maximum Gasteiger partial charge on any atom is 0.250 e. The van der Waals surface area contributed by atoms with Gasteiger partial charge in [-0.2, -0.15) is 0 Å². The molecule has 0 aliphatic heterocycles. The Labute approximate surface area is 117 Å². The number of nitrogens with two attached hydrogens (primary N) is 2. The maximum atomic E-state index is 10.9. The lowest BCUT2D eigenvalue weighted by molar-refractivity contribution is 0.1000. The third-order valence-corrected chi connectivity index (χ3v) is 3.05. The van der Waals surface area contributed by atoms with Crippen LogP contribution in [-0.4, -0.2) is 17.4 Å². The number of hydrogen-bond acceptors (Lipinski definition) is 4. The molecule has 1 atom stereocenters. The van der Waals surface area contributed by atoms with E-state index in [9.17, 15) is 4.79 Å². The summed E-state index contributed by atoms with van der Waals surface area (Å²) < 4.78 is 5.59. The number of hydrogen-bond donors (Lipinski definition) is 2. The SMILES string of the molecule is CC(CN)c1ccc(Oc2ccc(C(N)=O)cn2)cc1. The number of pyridine rings is 1. The number of primary amides is 1. The van der Waals surface area contributed by atoms with Gasteiger partial charge in [0.05, 0.1) is 5.56 Å². The van der Waals surface area contributed by atoms with Crippen LogP contribution >= 0.6 is 0 Å². The molecular weight excluding hydrogens is 254 g/mol. The van der Waals surface area contributed by atoms with Crippen molar-refractivity contribution in [2.24, 2.45) is 11.5 Å². The summed E-state index contributed by atoms with van der Waals surface area (Å²) in [6.45, 7) is 2.68. The van der Waals surface area contributed by atoms with Crippen LogP contribution in [0, 0.1) is 0 Å². The smallest absolute Gasteiger partial charge is 0.250 e. The zero-order valence-corrected chi connectivity index (χ0v) is 11.2. The predicted octanol–water partition coefficient (Wildman–Crippen LogP) is 2.04. The Morgan fingerprint density at radius 1 is 1.25 bits per heavy atom. The first-order valence-electron chi connectivity index (χ1n) is 6.34. The highest BCUT2D eigenvalue weighted by atomic mass is 16.5. The summed E-state index contributed by atoms with van der Waals surface area (Å²) in [5, 5.41) is 0. The second-order valence-corrected chi connectivity index (χ2v) is 4.56. The average molecular weight is 271 g/mol. The summed E-state index contributed by atoms with van der Waals surface area (Å²) in [6, 6.07) is 10.9. The van der Waals surface area contributed by atoms with E-state index in [0.29, 0.717) is 29.7 Å². The molecule has 1 unspecified atom stereocenters. The quantitative estimate of drug-likeness (QED) is 0.870. The molecule has 0 fully saturated rings. The van der Waals surface area contributed by atoms with Gasteiger partial charge in [-0.15, -0.1) is 0 Å². The molecule has 4 N–H and O–H groups in total. The molecule has 2 aromatic rings. The summed E-state index contributed by atoms with van der Waals surface area (Å²) in [5.41, 5.74) is 12.3. The number of ether oxygens (including phenoxy) is 1. The summed E-state index contributed by atoms with van der Waals surface area (Å²) >= 11 is 0. The maximum absolute atomic E-state index is 10.9. The standard InChI is InChI=1S/C15H17N3O2/c1-10(8-16)11-2-5-13(6-3-11)20-14-7-4-12(9-18-14)15(17)19/h2-7,9-10H,8,16H2,1H3,(H2,17,19). The van der Waals surface area contributed by atoms with Crippen molar-refractivity contribution < 1.29 is 9.53 Å². The van der Waals surface area contributed by atoms with Crippen molar-refractivity contribution in [3.63, 3.8) is 0 Å². The first-order valence-corrected chi connectivity index (χ1v) is 6.34. The van der Waals surface area contributed by atoms with Crippen molar-refractivity contribution in [2.75, 3.05) is 6.54 Å². The molecule has 20 heavy (non-hydrogen) atoms. The highest BCUT2D eigenvalue weighted by molar-refractivity contribution is 5.92. The van der Waals surface area contributed by atoms with Crippen LogP contribution in [0.5, 0.6) is 11.6 Å². The first-order chi connectivity index (χ1) is 9.60. The minimum absolute atomic E-state index is 0.317. The molecule has 1 heterocycles. The second kappa shape index (κ2) is 6.16. The van der Waals surface area contributed by atoms with Gasteiger partial charge >= 0.3 is 0 Å². The Bertz CT molecular complexity index is 579. The fourth-order valence-corrected chi connectivity index (χ4v) is 1.71. The van der Waals surface area contributed by atoms with Crippen molar-refractivity contribution in [3.8, 4) is 11.6 Å². The van der Waals surface area contributed by atoms with Gasteiger partial charge in [-0.1, -0.05) is 19.1 Å². The molecule has 0 saturated carbocycles. The predicted molar refractivity (Wildman–Crippen MR) is 76.7 cm³/mol. The lowest BCUT2D eigenvalue weighted by Gasteiger charge is -2.10. The van der Waals surface area contributed by atoms with E-state index < -0.39 is 5.91 Å². The molecular formula is C15H17N3O2. The Morgan fingerprint density at radius 2 is 1.95 bits per heavy atom. The number of amides is 1. The van der Waals surface area contributed by atoms with Gasteiger partial charge in [-0.25, -0.2) is 4.98 Å². The van der Waals surface area contributed by atoms with E-state index in [4.69, 9.17) is 16.2 Å². The molecule has 0 radical (unpaired) electrons. The van der Waals surface area contributed by atoms with E-state index in [-0.39, 0.29) is 0 Å². The molecule has 0 aliphatic carbocycles. The zero-order valence-electron chi connectivity index (χ0n) is 11.2. The Balaban J connectivity index is 2.08. The van der Waals surface area contributed by atoms with Crippen LogP contribution in [0.4, 0.5) is 0 Å². The molecule has 2 rings (SSSR count). The topological polar surface area (TPSA) is 91.2 Å². The monoisotopic (exact) mass is 271 g/mol. The van der Waals surface area contributed by atoms with Crippen molar-refractivity contribution >= 4 is 5.91 Å². The molecule has 1 aromatic carbocycles. The van der Waals surface area contributed by atoms with Crippen molar-refractivity contribution in [1.82, 2.24) is 4.98 Å². The summed E-state index contributed by atoms with van der Waals surface area (Å²) in [6.07, 6.45) is 1.39. The molecule has 5 nitrogen and oxygen atoms in total. The highest BCUT2D eigenvalue weighted by Crippen LogP contribution is 2.22. The third-order valence-electron chi connectivity index (χ3n) is 3.05. The molecule has 0 aliphatic rings. The number of carbonyl (C=O) groups is 1. The van der Waals surface area contributed by atoms with Gasteiger partial charge in [0.15, 0.2) is 0 Å². The van der Waals surface area contributed by atoms with Crippen LogP contribution in [0.25, 0.3) is 0 Å². The molecule has 0 spiro atoms. The van der Waals surface area contributed by atoms with Gasteiger partial charge in [0.2, 0.25) is 11.8 Å². The van der Waals surface area contributed by atoms with Crippen LogP contribution in [0.1, 0.15) is 28.8 Å². The number of aromatic nitrogens is 1. The summed E-state index contributed by atoms with van der Waals surface area (Å²) in [4.78, 5) is 15.0. The molecule has 0 bridgehead atoms. The van der Waals surface area contributed by atoms with E-state index in [1.165, 1.54) is 6.20 Å². The summed E-state index contributed by atoms with van der Waals surface area (Å²) in [7, 11) is 0. The number of carbonyl (C=O) groups excluding carboxylic acids is 1. The van der Waals surface area contributed by atoms with Gasteiger partial charge in [-0.05, 0) is 36.2 Å². The molecule has 104 valence electrons. The van der Waals surface area contributed by atoms with Gasteiger partial charge in [0, 0.05) is 12.3 Å². The Hall–Kier alpha value is -2.40. The average Bonchev–Trinajstić information content (AvgIpc) is 2.48. The van der Waals surface area contributed by atoms with E-state index in [1.807, 2.05) is 24.3 Å². The third kappa shape index (κ3) is 3.33. The fraction of sp³-hybridized carbons (Fsp3) is 0.200. The van der Waals surface area contributed by atoms with E-state index in [1.54, 1.807) is 12.1 Å². The van der Waals surface area contributed by atoms with E-state index in [2.05, 4.69) is 11.9 Å². The van der Waals surface area contributed by atoms with Crippen LogP contribution in [0.15, 0.2) is 42.6 Å². The van der Waals surface area contributed by atoms with Gasteiger partial charge < -0.3 is 16.2 Å². The van der Waals surface area contributed by atoms with E-state index in [0.717, 1.165) is 5.56 Å². The molecule has 1 aromatic heterocycles. The normalized spacial score (nSPS) is 11.9. The zero-order chi connectivity index (χ0) is 14.5. The van der Waals surface area contributed by atoms with E-state index >= 15 is 0 Å². The number of benzene rings is 1. The molecule has 1 amide bonds. The summed E-state index contributed by atoms with van der Waals surface area (Å²) in [5.74, 6) is 0.896. The minimum atomic E-state index is -0.510. The second-order valence-electron chi connectivity index (χ2n) is 4.56. The van der Waals surface area contributed by atoms with Crippen LogP contribution in [-0.2, 0) is 0 Å². The highest BCUT2D eigenvalue weighted by Gasteiger charge is 2.05. The van der Waals surface area contributed by atoms with Crippen molar-refractivity contribution in [2.45, 2.75) is 12.8 Å². The van der Waals surface area contributed by atoms with Gasteiger partial charge in [-0.3, -0.25) is 4.79 Å². The molecule has 5 heteroatoms. The first kappa shape index (κ1) is 14.0. The largest absolute Gasteiger partial charge is 0.439 e. The van der Waals surface area contributed by atoms with Crippen LogP contribution < -0.4 is 16.2 Å². The number of rotatable bonds is 5. The fourth-order valence-electron chi connectivity index (χ4n) is 1.71. The minimum Gasteiger partial charge on any atom is -0.439 e. The van der Waals surface area contributed by atoms with Crippen LogP contribution in [0.3, 0.4) is 0 Å². The Kier molecular flexibility index (Phi) is 4.32. The van der Waals surface area contributed by atoms with Gasteiger partial charge in [0.1, 0.15) is 5.75 Å². The molecule has 0 saturated heterocycles. The number of nitrogens with zero attached hydrogens (tertiary/aromatic N) is 1. The van der Waals surface area contributed by atoms with Crippen molar-refractivity contribution in [1.29, 1.82) is 0 Å². The lowest BCUT2D eigenvalue weighted by Crippen LogP contribution is -2.10. The van der Waals surface area contributed by atoms with Crippen molar-refractivity contribution in [3.05, 3.63) is 53.7 Å².